The summed E-state index contributed by atoms with van der Waals surface area (Å²) in [4.78, 5) is 11.3. The second-order valence-electron chi connectivity index (χ2n) is 3.50. The molecule has 1 fully saturated rings. The predicted molar refractivity (Wildman–Crippen MR) is 49.6 cm³/mol. The van der Waals surface area contributed by atoms with E-state index in [-0.39, 0.29) is 0 Å². The lowest BCUT2D eigenvalue weighted by Gasteiger charge is -2.04. The highest BCUT2D eigenvalue weighted by molar-refractivity contribution is 5.81. The third-order valence-electron chi connectivity index (χ3n) is 2.45. The minimum atomic E-state index is 0.330. The summed E-state index contributed by atoms with van der Waals surface area (Å²) < 4.78 is 0. The molecular formula is C11H16O. The van der Waals surface area contributed by atoms with Crippen molar-refractivity contribution in [2.75, 3.05) is 0 Å². The first-order valence-electron chi connectivity index (χ1n) is 4.74. The van der Waals surface area contributed by atoms with Crippen LogP contribution in [0.2, 0.25) is 0 Å². The zero-order valence-electron chi connectivity index (χ0n) is 7.73. The molecule has 1 saturated carbocycles. The number of carbonyl (C=O) groups excluding carboxylic acids is 1. The Morgan fingerprint density at radius 2 is 2.08 bits per heavy atom. The van der Waals surface area contributed by atoms with E-state index in [1.807, 2.05) is 0 Å². The van der Waals surface area contributed by atoms with Gasteiger partial charge in [-0.2, -0.15) is 0 Å². The standard InChI is InChI=1S/C11H16O/c1-2-3-8-11(12)9-10-6-4-5-7-10/h10H,4-9H2,1H3. The fraction of sp³-hybridized carbons (Fsp3) is 0.727. The smallest absolute Gasteiger partial charge is 0.145 e. The summed E-state index contributed by atoms with van der Waals surface area (Å²) in [5, 5.41) is 0. The molecule has 0 N–H and O–H groups in total. The molecule has 12 heavy (non-hydrogen) atoms. The molecule has 0 aromatic carbocycles. The van der Waals surface area contributed by atoms with Gasteiger partial charge in [0.25, 0.3) is 0 Å². The summed E-state index contributed by atoms with van der Waals surface area (Å²) in [6, 6.07) is 0. The number of Topliss-reactive ketones (excluding diaryl/α,β-unsaturated/α-hetero) is 1. The van der Waals surface area contributed by atoms with Crippen LogP contribution in [-0.2, 0) is 4.79 Å². The molecule has 0 amide bonds. The Morgan fingerprint density at radius 1 is 1.42 bits per heavy atom. The molecule has 0 unspecified atom stereocenters. The van der Waals surface area contributed by atoms with E-state index in [0.717, 1.165) is 6.42 Å². The van der Waals surface area contributed by atoms with Gasteiger partial charge in [-0.1, -0.05) is 31.6 Å². The highest BCUT2D eigenvalue weighted by Crippen LogP contribution is 2.27. The monoisotopic (exact) mass is 164 g/mol. The van der Waals surface area contributed by atoms with E-state index >= 15 is 0 Å². The average Bonchev–Trinajstić information content (AvgIpc) is 2.53. The molecule has 1 rings (SSSR count). The van der Waals surface area contributed by atoms with Crippen molar-refractivity contribution in [3.05, 3.63) is 0 Å². The largest absolute Gasteiger partial charge is 0.299 e. The maximum atomic E-state index is 11.3. The molecule has 1 nitrogen and oxygen atoms in total. The van der Waals surface area contributed by atoms with Crippen molar-refractivity contribution in [3.8, 4) is 11.8 Å². The van der Waals surface area contributed by atoms with Crippen molar-refractivity contribution < 1.29 is 4.79 Å². The minimum Gasteiger partial charge on any atom is -0.299 e. The third kappa shape index (κ3) is 3.09. The Kier molecular flexibility index (Phi) is 3.87. The van der Waals surface area contributed by atoms with Crippen LogP contribution in [0.15, 0.2) is 0 Å². The van der Waals surface area contributed by atoms with Crippen LogP contribution in [0.4, 0.5) is 0 Å². The van der Waals surface area contributed by atoms with Gasteiger partial charge < -0.3 is 0 Å². The molecule has 0 aromatic rings. The predicted octanol–water partition coefficient (Wildman–Crippen LogP) is 2.55. The quantitative estimate of drug-likeness (QED) is 0.586. The van der Waals surface area contributed by atoms with Crippen LogP contribution < -0.4 is 0 Å². The Bertz CT molecular complexity index is 201. The Morgan fingerprint density at radius 3 is 2.67 bits per heavy atom. The van der Waals surface area contributed by atoms with Crippen molar-refractivity contribution in [2.45, 2.75) is 45.4 Å². The Labute approximate surface area is 74.5 Å². The highest BCUT2D eigenvalue weighted by atomic mass is 16.1. The highest BCUT2D eigenvalue weighted by Gasteiger charge is 2.17. The van der Waals surface area contributed by atoms with Gasteiger partial charge in [0.15, 0.2) is 0 Å². The minimum absolute atomic E-state index is 0.330. The van der Waals surface area contributed by atoms with Crippen molar-refractivity contribution in [3.63, 3.8) is 0 Å². The van der Waals surface area contributed by atoms with E-state index in [2.05, 4.69) is 11.8 Å². The summed E-state index contributed by atoms with van der Waals surface area (Å²) in [7, 11) is 0. The van der Waals surface area contributed by atoms with Crippen molar-refractivity contribution >= 4 is 5.78 Å². The van der Waals surface area contributed by atoms with Gasteiger partial charge in [-0.15, -0.1) is 5.92 Å². The van der Waals surface area contributed by atoms with Gasteiger partial charge in [-0.05, 0) is 12.8 Å². The molecule has 0 spiro atoms. The van der Waals surface area contributed by atoms with Gasteiger partial charge in [-0.3, -0.25) is 4.79 Å². The summed E-state index contributed by atoms with van der Waals surface area (Å²) in [5.74, 6) is 6.58. The normalized spacial score (nSPS) is 17.1. The SMILES string of the molecule is CC#CCC(=O)CC1CCCC1. The van der Waals surface area contributed by atoms with Crippen LogP contribution in [0, 0.1) is 17.8 Å². The van der Waals surface area contributed by atoms with Crippen LogP contribution in [0.25, 0.3) is 0 Å². The Hall–Kier alpha value is -0.770. The zero-order valence-corrected chi connectivity index (χ0v) is 7.73. The molecule has 66 valence electrons. The molecule has 1 aliphatic rings. The molecule has 0 atom stereocenters. The molecule has 1 aliphatic carbocycles. The van der Waals surface area contributed by atoms with Crippen LogP contribution >= 0.6 is 0 Å². The number of hydrogen-bond acceptors (Lipinski definition) is 1. The summed E-state index contributed by atoms with van der Waals surface area (Å²) in [5.41, 5.74) is 0. The van der Waals surface area contributed by atoms with Crippen LogP contribution in [0.3, 0.4) is 0 Å². The van der Waals surface area contributed by atoms with Gasteiger partial charge in [-0.25, -0.2) is 0 Å². The lowest BCUT2D eigenvalue weighted by Crippen LogP contribution is -2.03. The maximum Gasteiger partial charge on any atom is 0.145 e. The summed E-state index contributed by atoms with van der Waals surface area (Å²) in [6.45, 7) is 1.78. The zero-order chi connectivity index (χ0) is 8.81. The number of rotatable bonds is 3. The Balaban J connectivity index is 2.19. The van der Waals surface area contributed by atoms with E-state index in [9.17, 15) is 4.79 Å². The molecule has 0 saturated heterocycles. The van der Waals surface area contributed by atoms with E-state index < -0.39 is 0 Å². The first kappa shape index (κ1) is 9.32. The topological polar surface area (TPSA) is 17.1 Å². The summed E-state index contributed by atoms with van der Waals surface area (Å²) in [6.07, 6.45) is 6.38. The van der Waals surface area contributed by atoms with E-state index in [1.54, 1.807) is 6.92 Å². The molecule has 0 bridgehead atoms. The van der Waals surface area contributed by atoms with Crippen LogP contribution in [0.1, 0.15) is 45.4 Å². The van der Waals surface area contributed by atoms with Gasteiger partial charge in [0.2, 0.25) is 0 Å². The summed E-state index contributed by atoms with van der Waals surface area (Å²) >= 11 is 0. The van der Waals surface area contributed by atoms with E-state index in [1.165, 1.54) is 25.7 Å². The second-order valence-corrected chi connectivity index (χ2v) is 3.50. The van der Waals surface area contributed by atoms with Gasteiger partial charge in [0.1, 0.15) is 5.78 Å². The van der Waals surface area contributed by atoms with Crippen molar-refractivity contribution in [1.82, 2.24) is 0 Å². The number of ketones is 1. The number of hydrogen-bond donors (Lipinski definition) is 0. The van der Waals surface area contributed by atoms with Crippen molar-refractivity contribution in [2.24, 2.45) is 5.92 Å². The molecule has 0 radical (unpaired) electrons. The lowest BCUT2D eigenvalue weighted by molar-refractivity contribution is -0.118. The molecule has 0 aromatic heterocycles. The molecule has 0 heterocycles. The van der Waals surface area contributed by atoms with Crippen molar-refractivity contribution in [1.29, 1.82) is 0 Å². The number of carbonyl (C=O) groups is 1. The van der Waals surface area contributed by atoms with Gasteiger partial charge in [0, 0.05) is 6.42 Å². The first-order chi connectivity index (χ1) is 5.83. The van der Waals surface area contributed by atoms with E-state index in [0.29, 0.717) is 18.1 Å². The van der Waals surface area contributed by atoms with Crippen LogP contribution in [-0.4, -0.2) is 5.78 Å². The lowest BCUT2D eigenvalue weighted by atomic mass is 10.00. The maximum absolute atomic E-state index is 11.3. The third-order valence-corrected chi connectivity index (χ3v) is 2.45. The molecule has 0 aliphatic heterocycles. The first-order valence-corrected chi connectivity index (χ1v) is 4.74. The molecule has 1 heteroatoms. The van der Waals surface area contributed by atoms with E-state index in [4.69, 9.17) is 0 Å². The van der Waals surface area contributed by atoms with Crippen LogP contribution in [0.5, 0.6) is 0 Å². The van der Waals surface area contributed by atoms with Gasteiger partial charge in [0.05, 0.1) is 6.42 Å². The fourth-order valence-corrected chi connectivity index (χ4v) is 1.80. The molecular weight excluding hydrogens is 148 g/mol. The average molecular weight is 164 g/mol. The fourth-order valence-electron chi connectivity index (χ4n) is 1.80. The second kappa shape index (κ2) is 4.98. The van der Waals surface area contributed by atoms with Gasteiger partial charge >= 0.3 is 0 Å².